The zero-order valence-electron chi connectivity index (χ0n) is 15.0. The predicted octanol–water partition coefficient (Wildman–Crippen LogP) is 3.71. The Labute approximate surface area is 162 Å². The zero-order valence-corrected chi connectivity index (χ0v) is 16.5. The maximum Gasteiger partial charge on any atom is 0.230 e. The van der Waals surface area contributed by atoms with Gasteiger partial charge < -0.3 is 14.9 Å². The first-order valence-electron chi connectivity index (χ1n) is 9.68. The van der Waals surface area contributed by atoms with Crippen LogP contribution in [-0.2, 0) is 4.79 Å². The number of likely N-dealkylation sites (tertiary alicyclic amines) is 1. The molecule has 26 heavy (non-hydrogen) atoms. The van der Waals surface area contributed by atoms with E-state index in [9.17, 15) is 14.3 Å². The van der Waals surface area contributed by atoms with Crippen molar-refractivity contribution in [1.29, 1.82) is 0 Å². The topological polar surface area (TPSA) is 43.8 Å². The molecular weight excluding hydrogens is 399 g/mol. The molecule has 0 bridgehead atoms. The van der Waals surface area contributed by atoms with Gasteiger partial charge in [-0.05, 0) is 73.0 Å². The van der Waals surface area contributed by atoms with E-state index in [1.165, 1.54) is 6.07 Å². The molecule has 142 valence electrons. The van der Waals surface area contributed by atoms with Crippen LogP contribution in [0, 0.1) is 11.2 Å². The lowest BCUT2D eigenvalue weighted by atomic mass is 9.78. The van der Waals surface area contributed by atoms with Gasteiger partial charge in [-0.2, -0.15) is 0 Å². The first kappa shape index (κ1) is 18.2. The number of hydrogen-bond donors (Lipinski definition) is 1. The maximum atomic E-state index is 13.9. The summed E-state index contributed by atoms with van der Waals surface area (Å²) in [5, 5.41) is 9.74. The molecule has 0 radical (unpaired) electrons. The molecule has 1 spiro atoms. The molecule has 1 unspecified atom stereocenters. The van der Waals surface area contributed by atoms with Gasteiger partial charge >= 0.3 is 0 Å². The summed E-state index contributed by atoms with van der Waals surface area (Å²) in [6.07, 6.45) is 5.95. The zero-order chi connectivity index (χ0) is 18.3. The second-order valence-electron chi connectivity index (χ2n) is 8.09. The molecule has 2 heterocycles. The van der Waals surface area contributed by atoms with Crippen LogP contribution in [0.15, 0.2) is 22.7 Å². The van der Waals surface area contributed by atoms with Gasteiger partial charge in [-0.3, -0.25) is 4.79 Å². The summed E-state index contributed by atoms with van der Waals surface area (Å²) >= 11 is 3.37. The van der Waals surface area contributed by atoms with Gasteiger partial charge in [0, 0.05) is 25.7 Å². The molecule has 1 amide bonds. The van der Waals surface area contributed by atoms with Crippen molar-refractivity contribution in [2.45, 2.75) is 57.1 Å². The molecule has 4 nitrogen and oxygen atoms in total. The van der Waals surface area contributed by atoms with E-state index in [1.54, 1.807) is 6.07 Å². The SMILES string of the molecule is O=C1N(C2CCC(O)CC2)CCC12CCCN(c1cccc(F)c1Br)C2. The summed E-state index contributed by atoms with van der Waals surface area (Å²) in [7, 11) is 0. The average Bonchev–Trinajstić information content (AvgIpc) is 2.94. The van der Waals surface area contributed by atoms with Gasteiger partial charge in [0.15, 0.2) is 0 Å². The van der Waals surface area contributed by atoms with Gasteiger partial charge in [0.2, 0.25) is 5.91 Å². The highest BCUT2D eigenvalue weighted by Gasteiger charge is 2.50. The Hall–Kier alpha value is -1.14. The fraction of sp³-hybridized carbons (Fsp3) is 0.650. The number of hydrogen-bond acceptors (Lipinski definition) is 3. The third kappa shape index (κ3) is 3.15. The molecule has 2 aliphatic heterocycles. The summed E-state index contributed by atoms with van der Waals surface area (Å²) in [5.41, 5.74) is 0.510. The summed E-state index contributed by atoms with van der Waals surface area (Å²) in [6.45, 7) is 2.34. The van der Waals surface area contributed by atoms with E-state index in [-0.39, 0.29) is 29.3 Å². The predicted molar refractivity (Wildman–Crippen MR) is 103 cm³/mol. The van der Waals surface area contributed by atoms with E-state index in [0.29, 0.717) is 11.0 Å². The molecule has 4 rings (SSSR count). The number of piperidine rings is 1. The molecule has 3 aliphatic rings. The molecule has 0 aromatic heterocycles. The number of benzene rings is 1. The number of rotatable bonds is 2. The van der Waals surface area contributed by atoms with Crippen molar-refractivity contribution in [2.75, 3.05) is 24.5 Å². The van der Waals surface area contributed by atoms with Crippen LogP contribution in [0.4, 0.5) is 10.1 Å². The number of halogens is 2. The van der Waals surface area contributed by atoms with Crippen LogP contribution in [0.2, 0.25) is 0 Å². The fourth-order valence-electron chi connectivity index (χ4n) is 5.02. The summed E-state index contributed by atoms with van der Waals surface area (Å²) in [6, 6.07) is 5.38. The Bertz CT molecular complexity index is 692. The summed E-state index contributed by atoms with van der Waals surface area (Å²) in [5.74, 6) is 0.0124. The molecule has 3 fully saturated rings. The van der Waals surface area contributed by atoms with Gasteiger partial charge in [0.25, 0.3) is 0 Å². The van der Waals surface area contributed by atoms with Crippen LogP contribution in [0.25, 0.3) is 0 Å². The Morgan fingerprint density at radius 2 is 1.92 bits per heavy atom. The molecule has 1 N–H and O–H groups in total. The smallest absolute Gasteiger partial charge is 0.230 e. The molecule has 1 aromatic carbocycles. The second-order valence-corrected chi connectivity index (χ2v) is 8.88. The molecule has 1 aromatic rings. The molecule has 6 heteroatoms. The van der Waals surface area contributed by atoms with Crippen molar-refractivity contribution in [3.8, 4) is 0 Å². The van der Waals surface area contributed by atoms with Gasteiger partial charge in [-0.25, -0.2) is 4.39 Å². The Balaban J connectivity index is 1.52. The minimum absolute atomic E-state index is 0.201. The largest absolute Gasteiger partial charge is 0.393 e. The van der Waals surface area contributed by atoms with E-state index in [0.717, 1.165) is 63.7 Å². The molecular formula is C20H26BrFN2O2. The van der Waals surface area contributed by atoms with Gasteiger partial charge in [0.05, 0.1) is 21.7 Å². The Morgan fingerprint density at radius 1 is 1.15 bits per heavy atom. The standard InChI is InChI=1S/C20H26BrFN2O2/c21-18-16(22)3-1-4-17(18)23-11-2-9-20(13-23)10-12-24(19(20)26)14-5-7-15(25)8-6-14/h1,3-4,14-15,25H,2,5-13H2. The fourth-order valence-corrected chi connectivity index (χ4v) is 5.53. The average molecular weight is 425 g/mol. The van der Waals surface area contributed by atoms with E-state index in [2.05, 4.69) is 25.7 Å². The van der Waals surface area contributed by atoms with Gasteiger partial charge in [-0.1, -0.05) is 6.07 Å². The Kier molecular flexibility index (Phi) is 4.99. The molecule has 1 saturated carbocycles. The molecule has 2 saturated heterocycles. The number of carbonyl (C=O) groups is 1. The van der Waals surface area contributed by atoms with Crippen LogP contribution in [0.3, 0.4) is 0 Å². The van der Waals surface area contributed by atoms with E-state index >= 15 is 0 Å². The highest BCUT2D eigenvalue weighted by molar-refractivity contribution is 9.10. The number of aliphatic hydroxyl groups is 1. The minimum atomic E-state index is -0.333. The number of anilines is 1. The van der Waals surface area contributed by atoms with Crippen molar-refractivity contribution < 1.29 is 14.3 Å². The van der Waals surface area contributed by atoms with Crippen molar-refractivity contribution in [2.24, 2.45) is 5.41 Å². The third-order valence-corrected chi connectivity index (χ3v) is 7.29. The van der Waals surface area contributed by atoms with E-state index in [1.807, 2.05) is 6.07 Å². The minimum Gasteiger partial charge on any atom is -0.393 e. The quantitative estimate of drug-likeness (QED) is 0.786. The van der Waals surface area contributed by atoms with Crippen molar-refractivity contribution >= 4 is 27.5 Å². The first-order valence-corrected chi connectivity index (χ1v) is 10.5. The van der Waals surface area contributed by atoms with Crippen molar-refractivity contribution in [1.82, 2.24) is 4.90 Å². The highest BCUT2D eigenvalue weighted by atomic mass is 79.9. The number of nitrogens with zero attached hydrogens (tertiary/aromatic N) is 2. The third-order valence-electron chi connectivity index (χ3n) is 6.50. The van der Waals surface area contributed by atoms with Crippen LogP contribution < -0.4 is 4.90 Å². The van der Waals surface area contributed by atoms with E-state index < -0.39 is 0 Å². The lowest BCUT2D eigenvalue weighted by Gasteiger charge is -2.41. The summed E-state index contributed by atoms with van der Waals surface area (Å²) in [4.78, 5) is 17.6. The first-order chi connectivity index (χ1) is 12.5. The van der Waals surface area contributed by atoms with Crippen LogP contribution in [0.5, 0.6) is 0 Å². The Morgan fingerprint density at radius 3 is 2.69 bits per heavy atom. The van der Waals surface area contributed by atoms with Gasteiger partial charge in [0.1, 0.15) is 5.82 Å². The van der Waals surface area contributed by atoms with Gasteiger partial charge in [-0.15, -0.1) is 0 Å². The monoisotopic (exact) mass is 424 g/mol. The molecule has 1 atom stereocenters. The van der Waals surface area contributed by atoms with Crippen molar-refractivity contribution in [3.63, 3.8) is 0 Å². The van der Waals surface area contributed by atoms with Crippen molar-refractivity contribution in [3.05, 3.63) is 28.5 Å². The van der Waals surface area contributed by atoms with Crippen LogP contribution >= 0.6 is 15.9 Å². The second kappa shape index (κ2) is 7.12. The van der Waals surface area contributed by atoms with Crippen LogP contribution in [0.1, 0.15) is 44.9 Å². The number of aliphatic hydroxyl groups excluding tert-OH is 1. The van der Waals surface area contributed by atoms with Crippen LogP contribution in [-0.4, -0.2) is 47.7 Å². The lowest BCUT2D eigenvalue weighted by molar-refractivity contribution is -0.139. The maximum absolute atomic E-state index is 13.9. The summed E-state index contributed by atoms with van der Waals surface area (Å²) < 4.78 is 14.4. The number of amides is 1. The highest BCUT2D eigenvalue weighted by Crippen LogP contribution is 2.44. The lowest BCUT2D eigenvalue weighted by Crippen LogP contribution is -2.50. The number of carbonyl (C=O) groups excluding carboxylic acids is 1. The molecule has 1 aliphatic carbocycles. The normalized spacial score (nSPS) is 32.5. The van der Waals surface area contributed by atoms with E-state index in [4.69, 9.17) is 0 Å².